The predicted molar refractivity (Wildman–Crippen MR) is 68.8 cm³/mol. The highest BCUT2D eigenvalue weighted by Gasteiger charge is 2.11. The molecule has 0 aliphatic carbocycles. The number of carbonyl (C=O) groups is 2. The molecule has 0 amide bonds. The minimum Gasteiger partial charge on any atom is -0.431 e. The normalized spacial score (nSPS) is 10.5. The van der Waals surface area contributed by atoms with Gasteiger partial charge < -0.3 is 14.2 Å². The van der Waals surface area contributed by atoms with E-state index in [0.29, 0.717) is 5.56 Å². The molecule has 0 aliphatic heterocycles. The Hall–Kier alpha value is -2.56. The van der Waals surface area contributed by atoms with Gasteiger partial charge in [0.1, 0.15) is 12.9 Å². The van der Waals surface area contributed by atoms with Crippen LogP contribution in [-0.4, -0.2) is 18.7 Å². The van der Waals surface area contributed by atoms with Crippen LogP contribution < -0.4 is 0 Å². The van der Waals surface area contributed by atoms with Crippen molar-refractivity contribution < 1.29 is 23.8 Å². The van der Waals surface area contributed by atoms with Crippen molar-refractivity contribution in [1.29, 1.82) is 0 Å². The van der Waals surface area contributed by atoms with Crippen LogP contribution in [0.3, 0.4) is 0 Å². The van der Waals surface area contributed by atoms with Crippen LogP contribution in [0.2, 0.25) is 0 Å². The molecule has 0 aromatic heterocycles. The molecule has 0 fully saturated rings. The summed E-state index contributed by atoms with van der Waals surface area (Å²) in [4.78, 5) is 22.1. The Kier molecular flexibility index (Phi) is 5.88. The Labute approximate surface area is 111 Å². The fourth-order valence-corrected chi connectivity index (χ4v) is 1.14. The molecule has 0 aliphatic rings. The summed E-state index contributed by atoms with van der Waals surface area (Å²) >= 11 is 0. The minimum absolute atomic E-state index is 0.0362. The van der Waals surface area contributed by atoms with Gasteiger partial charge in [0.05, 0.1) is 0 Å². The molecule has 1 rings (SSSR count). The van der Waals surface area contributed by atoms with Gasteiger partial charge in [-0.25, -0.2) is 4.79 Å². The van der Waals surface area contributed by atoms with E-state index in [4.69, 9.17) is 9.47 Å². The second-order valence-corrected chi connectivity index (χ2v) is 3.41. The zero-order valence-electron chi connectivity index (χ0n) is 10.5. The van der Waals surface area contributed by atoms with Crippen molar-refractivity contribution in [2.45, 2.75) is 6.92 Å². The highest BCUT2D eigenvalue weighted by atomic mass is 16.7. The second-order valence-electron chi connectivity index (χ2n) is 3.41. The summed E-state index contributed by atoms with van der Waals surface area (Å²) in [6.45, 7) is 4.69. The van der Waals surface area contributed by atoms with Crippen molar-refractivity contribution in [3.8, 4) is 0 Å². The van der Waals surface area contributed by atoms with Crippen LogP contribution in [0.5, 0.6) is 0 Å². The number of hydrogen-bond acceptors (Lipinski definition) is 5. The average Bonchev–Trinajstić information content (AvgIpc) is 2.42. The van der Waals surface area contributed by atoms with E-state index in [2.05, 4.69) is 11.3 Å². The summed E-state index contributed by atoms with van der Waals surface area (Å²) in [5.74, 6) is -0.429. The molecule has 0 atom stereocenters. The number of carbonyl (C=O) groups excluding carboxylic acids is 2. The highest BCUT2D eigenvalue weighted by Crippen LogP contribution is 2.16. The molecule has 0 saturated heterocycles. The van der Waals surface area contributed by atoms with Gasteiger partial charge in [0.2, 0.25) is 0 Å². The summed E-state index contributed by atoms with van der Waals surface area (Å²) in [6.07, 6.45) is 1.58. The largest absolute Gasteiger partial charge is 0.514 e. The minimum atomic E-state index is -0.901. The smallest absolute Gasteiger partial charge is 0.431 e. The van der Waals surface area contributed by atoms with Gasteiger partial charge in [-0.1, -0.05) is 43.0 Å². The lowest BCUT2D eigenvalue weighted by Crippen LogP contribution is -2.07. The molecule has 0 spiro atoms. The van der Waals surface area contributed by atoms with Crippen molar-refractivity contribution in [3.05, 3.63) is 54.8 Å². The van der Waals surface area contributed by atoms with E-state index in [-0.39, 0.29) is 12.4 Å². The monoisotopic (exact) mass is 262 g/mol. The van der Waals surface area contributed by atoms with Gasteiger partial charge >= 0.3 is 12.1 Å². The first-order valence-electron chi connectivity index (χ1n) is 5.51. The zero-order valence-corrected chi connectivity index (χ0v) is 10.5. The third kappa shape index (κ3) is 5.54. The maximum absolute atomic E-state index is 11.4. The fourth-order valence-electron chi connectivity index (χ4n) is 1.14. The molecule has 1 aromatic carbocycles. The van der Waals surface area contributed by atoms with Crippen LogP contribution in [0.4, 0.5) is 4.79 Å². The number of esters is 1. The Morgan fingerprint density at radius 3 is 2.53 bits per heavy atom. The molecule has 5 heteroatoms. The van der Waals surface area contributed by atoms with Crippen LogP contribution in [0.1, 0.15) is 12.5 Å². The molecule has 5 nitrogen and oxygen atoms in total. The van der Waals surface area contributed by atoms with Gasteiger partial charge in [-0.15, -0.1) is 0 Å². The van der Waals surface area contributed by atoms with Crippen LogP contribution >= 0.6 is 0 Å². The van der Waals surface area contributed by atoms with Crippen LogP contribution in [0.25, 0.3) is 5.76 Å². The van der Waals surface area contributed by atoms with Crippen LogP contribution in [0.15, 0.2) is 49.2 Å². The molecule has 100 valence electrons. The van der Waals surface area contributed by atoms with Crippen molar-refractivity contribution in [1.82, 2.24) is 0 Å². The maximum atomic E-state index is 11.4. The number of ether oxygens (including phenoxy) is 3. The predicted octanol–water partition coefficient (Wildman–Crippen LogP) is 2.89. The molecule has 0 radical (unpaired) electrons. The van der Waals surface area contributed by atoms with E-state index in [1.54, 1.807) is 24.3 Å². The molecule has 1 aromatic rings. The van der Waals surface area contributed by atoms with Gasteiger partial charge in [0.25, 0.3) is 0 Å². The molecule has 0 heterocycles. The number of hydrogen-bond donors (Lipinski definition) is 0. The molecule has 0 unspecified atom stereocenters. The Morgan fingerprint density at radius 1 is 1.26 bits per heavy atom. The van der Waals surface area contributed by atoms with Gasteiger partial charge in [0, 0.05) is 12.5 Å². The zero-order chi connectivity index (χ0) is 14.1. The third-order valence-electron chi connectivity index (χ3n) is 1.90. The van der Waals surface area contributed by atoms with E-state index in [0.717, 1.165) is 6.26 Å². The van der Waals surface area contributed by atoms with Crippen LogP contribution in [-0.2, 0) is 19.0 Å². The quantitative estimate of drug-likeness (QED) is 0.464. The van der Waals surface area contributed by atoms with Gasteiger partial charge in [-0.2, -0.15) is 0 Å². The van der Waals surface area contributed by atoms with E-state index in [9.17, 15) is 9.59 Å². The van der Waals surface area contributed by atoms with Crippen molar-refractivity contribution in [3.63, 3.8) is 0 Å². The van der Waals surface area contributed by atoms with E-state index in [1.165, 1.54) is 13.0 Å². The van der Waals surface area contributed by atoms with Crippen LogP contribution in [0, 0.1) is 0 Å². The molecular formula is C14H14O5. The Morgan fingerprint density at radius 2 is 1.95 bits per heavy atom. The van der Waals surface area contributed by atoms with Crippen molar-refractivity contribution >= 4 is 17.9 Å². The van der Waals surface area contributed by atoms with Gasteiger partial charge in [-0.3, -0.25) is 4.79 Å². The second kappa shape index (κ2) is 7.71. The lowest BCUT2D eigenvalue weighted by Gasteiger charge is -2.08. The first kappa shape index (κ1) is 14.5. The first-order chi connectivity index (χ1) is 9.13. The lowest BCUT2D eigenvalue weighted by molar-refractivity contribution is -0.135. The number of rotatable bonds is 5. The molecule has 19 heavy (non-hydrogen) atoms. The fraction of sp³-hybridized carbons (Fsp3) is 0.143. The maximum Gasteiger partial charge on any atom is 0.514 e. The molecule has 0 bridgehead atoms. The lowest BCUT2D eigenvalue weighted by atomic mass is 10.2. The van der Waals surface area contributed by atoms with Crippen molar-refractivity contribution in [2.75, 3.05) is 6.61 Å². The molecule has 0 saturated carbocycles. The standard InChI is InChI=1S/C14H14O5/c1-3-9-17-14(16)19-13(10-18-11(2)15)12-7-5-4-6-8-12/h3-8,10H,1,9H2,2H3/b13-10-. The summed E-state index contributed by atoms with van der Waals surface area (Å²) in [6, 6.07) is 8.74. The Balaban J connectivity index is 2.81. The molecular weight excluding hydrogens is 248 g/mol. The van der Waals surface area contributed by atoms with E-state index in [1.807, 2.05) is 6.07 Å². The van der Waals surface area contributed by atoms with Gasteiger partial charge in [-0.05, 0) is 0 Å². The summed E-state index contributed by atoms with van der Waals surface area (Å²) < 4.78 is 14.4. The number of benzene rings is 1. The first-order valence-corrected chi connectivity index (χ1v) is 5.51. The summed E-state index contributed by atoms with van der Waals surface area (Å²) in [5.41, 5.74) is 0.583. The topological polar surface area (TPSA) is 61.8 Å². The average molecular weight is 262 g/mol. The van der Waals surface area contributed by atoms with E-state index >= 15 is 0 Å². The third-order valence-corrected chi connectivity index (χ3v) is 1.90. The SMILES string of the molecule is C=CCOC(=O)O/C(=C\OC(C)=O)c1ccccc1. The van der Waals surface area contributed by atoms with Crippen molar-refractivity contribution in [2.24, 2.45) is 0 Å². The summed E-state index contributed by atoms with van der Waals surface area (Å²) in [5, 5.41) is 0. The van der Waals surface area contributed by atoms with E-state index < -0.39 is 12.1 Å². The highest BCUT2D eigenvalue weighted by molar-refractivity contribution is 5.74. The Bertz CT molecular complexity index is 476. The molecule has 0 N–H and O–H groups in total. The van der Waals surface area contributed by atoms with Gasteiger partial charge in [0.15, 0.2) is 5.76 Å². The summed E-state index contributed by atoms with van der Waals surface area (Å²) in [7, 11) is 0.